The van der Waals surface area contributed by atoms with Crippen LogP contribution in [0.25, 0.3) is 10.6 Å². The number of carbonyl (C=O) groups excluding carboxylic acids is 1. The smallest absolute Gasteiger partial charge is 0.434 e. The summed E-state index contributed by atoms with van der Waals surface area (Å²) in [7, 11) is 0. The maximum absolute atomic E-state index is 13.4. The van der Waals surface area contributed by atoms with Crippen molar-refractivity contribution in [2.24, 2.45) is 4.99 Å². The summed E-state index contributed by atoms with van der Waals surface area (Å²) in [6, 6.07) is 9.51. The topological polar surface area (TPSA) is 62.5 Å². The zero-order valence-electron chi connectivity index (χ0n) is 15.9. The highest BCUT2D eigenvalue weighted by Crippen LogP contribution is 2.38. The highest BCUT2D eigenvalue weighted by Gasteiger charge is 2.39. The Labute approximate surface area is 179 Å². The van der Waals surface area contributed by atoms with Gasteiger partial charge in [-0.2, -0.15) is 13.2 Å². The van der Waals surface area contributed by atoms with Gasteiger partial charge >= 0.3 is 6.18 Å². The molecule has 0 aliphatic heterocycles. The van der Waals surface area contributed by atoms with Crippen LogP contribution < -0.4 is 0 Å². The summed E-state index contributed by atoms with van der Waals surface area (Å²) < 4.78 is 40.3. The fraction of sp³-hybridized carbons (Fsp3) is 0.190. The van der Waals surface area contributed by atoms with E-state index in [0.717, 1.165) is 0 Å². The lowest BCUT2D eigenvalue weighted by Crippen LogP contribution is -2.13. The predicted octanol–water partition coefficient (Wildman–Crippen LogP) is 6.11. The Kier molecular flexibility index (Phi) is 6.28. The maximum atomic E-state index is 13.4. The Bertz CT molecular complexity index is 1100. The molecule has 30 heavy (non-hydrogen) atoms. The van der Waals surface area contributed by atoms with Crippen molar-refractivity contribution < 1.29 is 23.1 Å². The van der Waals surface area contributed by atoms with Gasteiger partial charge < -0.3 is 5.11 Å². The van der Waals surface area contributed by atoms with Crippen molar-refractivity contribution in [2.75, 3.05) is 6.54 Å². The van der Waals surface area contributed by atoms with Gasteiger partial charge in [-0.15, -0.1) is 11.3 Å². The van der Waals surface area contributed by atoms with Crippen molar-refractivity contribution >= 4 is 34.9 Å². The first-order valence-corrected chi connectivity index (χ1v) is 9.93. The summed E-state index contributed by atoms with van der Waals surface area (Å²) in [5.74, 6) is -0.610. The van der Waals surface area contributed by atoms with Gasteiger partial charge in [-0.3, -0.25) is 9.79 Å². The van der Waals surface area contributed by atoms with Crippen LogP contribution >= 0.6 is 22.9 Å². The van der Waals surface area contributed by atoms with Gasteiger partial charge in [-0.1, -0.05) is 23.7 Å². The van der Waals surface area contributed by atoms with Crippen LogP contribution in [-0.2, 0) is 6.18 Å². The number of hydrogen-bond acceptors (Lipinski definition) is 5. The largest absolute Gasteiger partial charge is 0.507 e. The molecule has 0 saturated carbocycles. The number of rotatable bonds is 5. The van der Waals surface area contributed by atoms with Crippen LogP contribution in [0, 0.1) is 13.8 Å². The molecule has 0 saturated heterocycles. The van der Waals surface area contributed by atoms with Gasteiger partial charge in [0.1, 0.15) is 22.2 Å². The lowest BCUT2D eigenvalue weighted by Gasteiger charge is -2.05. The summed E-state index contributed by atoms with van der Waals surface area (Å²) in [6.45, 7) is 2.98. The number of halogens is 4. The number of alkyl halides is 3. The zero-order chi connectivity index (χ0) is 22.1. The average molecular weight is 453 g/mol. The number of thiazole rings is 1. The normalized spacial score (nSPS) is 11.9. The van der Waals surface area contributed by atoms with Gasteiger partial charge in [0.05, 0.1) is 0 Å². The molecular formula is C21H16ClF3N2O2S. The first-order chi connectivity index (χ1) is 14.1. The second-order valence-electron chi connectivity index (χ2n) is 6.60. The van der Waals surface area contributed by atoms with Gasteiger partial charge in [0.15, 0.2) is 11.5 Å². The number of Topliss-reactive ketones (excluding diaryl/α,β-unsaturated/α-hetero) is 1. The zero-order valence-corrected chi connectivity index (χ0v) is 17.5. The van der Waals surface area contributed by atoms with Crippen LogP contribution in [-0.4, -0.2) is 28.6 Å². The molecule has 9 heteroatoms. The van der Waals surface area contributed by atoms with Crippen molar-refractivity contribution in [1.29, 1.82) is 0 Å². The third-order valence-corrected chi connectivity index (χ3v) is 5.63. The number of aliphatic imine (C=N–C) groups is 1. The molecule has 0 atom stereocenters. The van der Waals surface area contributed by atoms with E-state index in [9.17, 15) is 23.1 Å². The Balaban J connectivity index is 1.86. The van der Waals surface area contributed by atoms with E-state index in [-0.39, 0.29) is 10.8 Å². The van der Waals surface area contributed by atoms with Gasteiger partial charge in [0, 0.05) is 16.8 Å². The number of phenols is 1. The van der Waals surface area contributed by atoms with Crippen LogP contribution in [0.1, 0.15) is 32.1 Å². The molecule has 0 amide bonds. The van der Waals surface area contributed by atoms with Crippen molar-refractivity contribution in [3.05, 3.63) is 68.7 Å². The van der Waals surface area contributed by atoms with E-state index < -0.39 is 29.1 Å². The highest BCUT2D eigenvalue weighted by atomic mass is 35.5. The molecule has 1 aromatic heterocycles. The molecular weight excluding hydrogens is 437 g/mol. The standard InChI is InChI=1S/C21H16ClF3N2O2S/c1-11-7-13(8-12(2)17(11)29)9-26-10-16(28)18-19(21(23,24)25)27-20(30-18)14-3-5-15(22)6-4-14/h3-9,29H,10H2,1-2H3. The lowest BCUT2D eigenvalue weighted by atomic mass is 10.1. The second-order valence-corrected chi connectivity index (χ2v) is 8.03. The molecule has 1 heterocycles. The first-order valence-electron chi connectivity index (χ1n) is 8.73. The SMILES string of the molecule is Cc1cc(C=NCC(=O)c2sc(-c3ccc(Cl)cc3)nc2C(F)(F)F)cc(C)c1O. The molecule has 1 N–H and O–H groups in total. The number of phenolic OH excluding ortho intramolecular Hbond substituents is 1. The Morgan fingerprint density at radius 2 is 1.80 bits per heavy atom. The van der Waals surface area contributed by atoms with E-state index >= 15 is 0 Å². The first kappa shape index (κ1) is 22.0. The molecule has 3 aromatic rings. The Hall–Kier alpha value is -2.71. The molecule has 4 nitrogen and oxygen atoms in total. The molecule has 0 spiro atoms. The van der Waals surface area contributed by atoms with Crippen molar-refractivity contribution in [1.82, 2.24) is 4.98 Å². The fourth-order valence-electron chi connectivity index (χ4n) is 2.79. The number of aryl methyl sites for hydroxylation is 2. The van der Waals surface area contributed by atoms with Crippen LogP contribution in [0.15, 0.2) is 41.4 Å². The average Bonchev–Trinajstić information content (AvgIpc) is 3.12. The van der Waals surface area contributed by atoms with E-state index in [1.165, 1.54) is 6.21 Å². The van der Waals surface area contributed by atoms with E-state index in [0.29, 0.717) is 38.6 Å². The number of aromatic hydroxyl groups is 1. The summed E-state index contributed by atoms with van der Waals surface area (Å²) in [5.41, 5.74) is 1.13. The lowest BCUT2D eigenvalue weighted by molar-refractivity contribution is -0.141. The van der Waals surface area contributed by atoms with Crippen LogP contribution in [0.3, 0.4) is 0 Å². The van der Waals surface area contributed by atoms with E-state index in [1.807, 2.05) is 0 Å². The minimum absolute atomic E-state index is 0.0797. The van der Waals surface area contributed by atoms with Gasteiger partial charge in [-0.25, -0.2) is 4.98 Å². The number of aromatic nitrogens is 1. The monoisotopic (exact) mass is 452 g/mol. The number of ketones is 1. The predicted molar refractivity (Wildman–Crippen MR) is 112 cm³/mol. The fourth-order valence-corrected chi connectivity index (χ4v) is 3.93. The molecule has 3 rings (SSSR count). The highest BCUT2D eigenvalue weighted by molar-refractivity contribution is 7.17. The second kappa shape index (κ2) is 8.57. The van der Waals surface area contributed by atoms with Crippen molar-refractivity contribution in [2.45, 2.75) is 20.0 Å². The molecule has 0 aliphatic carbocycles. The molecule has 0 radical (unpaired) electrons. The van der Waals surface area contributed by atoms with E-state index in [1.54, 1.807) is 50.2 Å². The number of hydrogen-bond donors (Lipinski definition) is 1. The number of carbonyl (C=O) groups is 1. The molecule has 0 aliphatic rings. The minimum atomic E-state index is -4.76. The molecule has 0 fully saturated rings. The number of benzene rings is 2. The molecule has 2 aromatic carbocycles. The van der Waals surface area contributed by atoms with Gasteiger partial charge in [-0.05, 0) is 54.8 Å². The quantitative estimate of drug-likeness (QED) is 0.375. The number of nitrogens with zero attached hydrogens (tertiary/aromatic N) is 2. The third-order valence-electron chi connectivity index (χ3n) is 4.23. The third kappa shape index (κ3) is 4.88. The minimum Gasteiger partial charge on any atom is -0.507 e. The molecule has 0 unspecified atom stereocenters. The van der Waals surface area contributed by atoms with Gasteiger partial charge in [0.25, 0.3) is 0 Å². The van der Waals surface area contributed by atoms with Crippen LogP contribution in [0.5, 0.6) is 5.75 Å². The summed E-state index contributed by atoms with van der Waals surface area (Å²) in [6.07, 6.45) is -3.37. The Morgan fingerprint density at radius 1 is 1.20 bits per heavy atom. The molecule has 156 valence electrons. The van der Waals surface area contributed by atoms with Crippen LogP contribution in [0.2, 0.25) is 5.02 Å². The van der Waals surface area contributed by atoms with Crippen LogP contribution in [0.4, 0.5) is 13.2 Å². The molecule has 0 bridgehead atoms. The summed E-state index contributed by atoms with van der Waals surface area (Å²) in [4.78, 5) is 19.6. The van der Waals surface area contributed by atoms with Crippen molar-refractivity contribution in [3.8, 4) is 16.3 Å². The van der Waals surface area contributed by atoms with E-state index in [2.05, 4.69) is 9.98 Å². The summed E-state index contributed by atoms with van der Waals surface area (Å²) in [5, 5.41) is 10.3. The van der Waals surface area contributed by atoms with E-state index in [4.69, 9.17) is 11.6 Å². The maximum Gasteiger partial charge on any atom is 0.434 e. The summed E-state index contributed by atoms with van der Waals surface area (Å²) >= 11 is 6.49. The van der Waals surface area contributed by atoms with Gasteiger partial charge in [0.2, 0.25) is 0 Å². The van der Waals surface area contributed by atoms with Crippen molar-refractivity contribution in [3.63, 3.8) is 0 Å². The Morgan fingerprint density at radius 3 is 2.37 bits per heavy atom.